The third-order valence-electron chi connectivity index (χ3n) is 1.93. The fourth-order valence-electron chi connectivity index (χ4n) is 1.21. The molecule has 1 atom stereocenters. The summed E-state index contributed by atoms with van der Waals surface area (Å²) in [5.74, 6) is -1.65. The van der Waals surface area contributed by atoms with Gasteiger partial charge < -0.3 is 14.6 Å². The molecule has 10 heteroatoms. The molecule has 0 bridgehead atoms. The molecule has 0 aromatic rings. The Kier molecular flexibility index (Phi) is 5.54. The Bertz CT molecular complexity index is 409. The number of carbonyl (C=O) groups is 2. The molecule has 0 aliphatic carbocycles. The van der Waals surface area contributed by atoms with Crippen LogP contribution in [0.5, 0.6) is 0 Å². The van der Waals surface area contributed by atoms with Crippen LogP contribution < -0.4 is 56.7 Å². The molecule has 1 unspecified atom stereocenters. The normalized spacial score (nSPS) is 24.4. The van der Waals surface area contributed by atoms with Crippen molar-refractivity contribution < 1.29 is 78.7 Å². The second-order valence-electron chi connectivity index (χ2n) is 2.98. The molecule has 0 aromatic heterocycles. The summed E-state index contributed by atoms with van der Waals surface area (Å²) in [6.45, 7) is 0.635. The maximum atomic E-state index is 11.3. The van der Waals surface area contributed by atoms with Crippen LogP contribution in [-0.2, 0) is 24.6 Å². The van der Waals surface area contributed by atoms with E-state index in [1.54, 1.807) is 0 Å². The van der Waals surface area contributed by atoms with Gasteiger partial charge in [0.1, 0.15) is 0 Å². The van der Waals surface area contributed by atoms with Gasteiger partial charge in [-0.3, -0.25) is 9.59 Å². The van der Waals surface area contributed by atoms with Crippen molar-refractivity contribution in [2.24, 2.45) is 0 Å². The Morgan fingerprint density at radius 3 is 2.38 bits per heavy atom. The fourth-order valence-corrected chi connectivity index (χ4v) is 1.90. The number of nitrogens with zero attached hydrogens (tertiary/aromatic N) is 1. The molecule has 86 valence electrons. The monoisotopic (exact) mass is 276 g/mol. The van der Waals surface area contributed by atoms with Crippen molar-refractivity contribution in [2.45, 2.75) is 12.6 Å². The summed E-state index contributed by atoms with van der Waals surface area (Å²) in [5, 5.41) is 2.14. The maximum Gasteiger partial charge on any atom is 1.00 e. The molecule has 1 rings (SSSR count). The van der Waals surface area contributed by atoms with Crippen molar-refractivity contribution in [1.29, 1.82) is 0 Å². The Hall–Kier alpha value is 0.446. The molecule has 0 saturated carbocycles. The van der Waals surface area contributed by atoms with Gasteiger partial charge in [-0.1, -0.05) is 0 Å². The van der Waals surface area contributed by atoms with E-state index in [1.165, 1.54) is 0 Å². The van der Waals surface area contributed by atoms with Crippen LogP contribution in [-0.4, -0.2) is 48.5 Å². The minimum absolute atomic E-state index is 0. The van der Waals surface area contributed by atoms with E-state index in [2.05, 4.69) is 5.32 Å². The summed E-state index contributed by atoms with van der Waals surface area (Å²) in [7, 11) is -3.70. The van der Waals surface area contributed by atoms with Gasteiger partial charge in [-0.25, -0.2) is 12.7 Å². The van der Waals surface area contributed by atoms with Crippen molar-refractivity contribution in [1.82, 2.24) is 9.62 Å². The molecule has 1 aliphatic heterocycles. The van der Waals surface area contributed by atoms with Crippen LogP contribution in [0.3, 0.4) is 0 Å². The Balaban J connectivity index is 0.00000225. The number of β-lactam (4-membered cyclic amide) rings is 1. The first-order valence-electron chi connectivity index (χ1n) is 3.85. The van der Waals surface area contributed by atoms with Crippen molar-refractivity contribution in [3.63, 3.8) is 0 Å². The summed E-state index contributed by atoms with van der Waals surface area (Å²) >= 11 is 0. The van der Waals surface area contributed by atoms with Gasteiger partial charge in [0, 0.05) is 14.0 Å². The van der Waals surface area contributed by atoms with Crippen LogP contribution in [0.1, 0.15) is 6.92 Å². The quantitative estimate of drug-likeness (QED) is 0.238. The van der Waals surface area contributed by atoms with Gasteiger partial charge in [-0.05, 0) is 0 Å². The molecule has 16 heavy (non-hydrogen) atoms. The van der Waals surface area contributed by atoms with Crippen LogP contribution in [0, 0.1) is 0 Å². The molecule has 0 aromatic carbocycles. The van der Waals surface area contributed by atoms with Gasteiger partial charge in [0.2, 0.25) is 11.6 Å². The van der Waals surface area contributed by atoms with Gasteiger partial charge in [0.25, 0.3) is 5.91 Å². The second-order valence-corrected chi connectivity index (χ2v) is 4.28. The number of hydrogen-bond donors (Lipinski definition) is 1. The number of rotatable bonds is 3. The topological polar surface area (TPSA) is 116 Å². The number of amides is 2. The number of carbonyl (C=O) groups excluding carboxylic acids is 2. The minimum Gasteiger partial charge on any atom is -0.731 e. The zero-order valence-electron chi connectivity index (χ0n) is 9.01. The van der Waals surface area contributed by atoms with E-state index >= 15 is 0 Å². The first-order chi connectivity index (χ1) is 6.73. The van der Waals surface area contributed by atoms with Crippen molar-refractivity contribution >= 4 is 22.1 Å². The average molecular weight is 276 g/mol. The van der Waals surface area contributed by atoms with Gasteiger partial charge in [-0.2, -0.15) is 0 Å². The Labute approximate surface area is 135 Å². The molecule has 1 saturated heterocycles. The van der Waals surface area contributed by atoms with E-state index in [0.717, 1.165) is 14.0 Å². The molecule has 8 nitrogen and oxygen atoms in total. The van der Waals surface area contributed by atoms with Crippen LogP contribution in [0.25, 0.3) is 0 Å². The van der Waals surface area contributed by atoms with E-state index in [-0.39, 0.29) is 55.7 Å². The summed E-state index contributed by atoms with van der Waals surface area (Å²) in [4.78, 5) is 22.0. The molecule has 1 N–H and O–H groups in total. The summed E-state index contributed by atoms with van der Waals surface area (Å²) in [6.07, 6.45) is 0. The Morgan fingerprint density at radius 2 is 2.12 bits per heavy atom. The molecule has 0 radical (unpaired) electrons. The maximum absolute atomic E-state index is 11.3. The number of methoxy groups -OCH3 is 1. The smallest absolute Gasteiger partial charge is 0.731 e. The zero-order chi connectivity index (χ0) is 11.9. The van der Waals surface area contributed by atoms with Gasteiger partial charge in [-0.15, -0.1) is 0 Å². The first-order valence-corrected chi connectivity index (χ1v) is 5.21. The van der Waals surface area contributed by atoms with Gasteiger partial charge in [0.15, 0.2) is 10.3 Å². The average Bonchev–Trinajstić information content (AvgIpc) is 2.08. The minimum atomic E-state index is -4.83. The summed E-state index contributed by atoms with van der Waals surface area (Å²) in [5.41, 5.74) is -1.72. The first kappa shape index (κ1) is 16.4. The van der Waals surface area contributed by atoms with Gasteiger partial charge >= 0.3 is 51.4 Å². The van der Waals surface area contributed by atoms with E-state index in [0.29, 0.717) is 0 Å². The second kappa shape index (κ2) is 5.39. The van der Waals surface area contributed by atoms with Crippen LogP contribution in [0.2, 0.25) is 0 Å². The van der Waals surface area contributed by atoms with Crippen molar-refractivity contribution in [3.05, 3.63) is 0 Å². The van der Waals surface area contributed by atoms with E-state index < -0.39 is 34.4 Å². The molecule has 1 fully saturated rings. The van der Waals surface area contributed by atoms with Crippen LogP contribution in [0.15, 0.2) is 0 Å². The molecule has 1 aliphatic rings. The SMILES string of the molecule is COC1(NC(C)=O)CN(S(=O)(=O)[O-])C1=O.[K+]. The fraction of sp³-hybridized carbons (Fsp3) is 0.667. The number of ether oxygens (including phenoxy) is 1. The predicted molar refractivity (Wildman–Crippen MR) is 45.0 cm³/mol. The van der Waals surface area contributed by atoms with E-state index in [1.807, 2.05) is 0 Å². The van der Waals surface area contributed by atoms with Crippen molar-refractivity contribution in [2.75, 3.05) is 13.7 Å². The zero-order valence-corrected chi connectivity index (χ0v) is 13.0. The predicted octanol–water partition coefficient (Wildman–Crippen LogP) is -5.23. The molecular weight excluding hydrogens is 267 g/mol. The molecule has 1 heterocycles. The Morgan fingerprint density at radius 1 is 1.62 bits per heavy atom. The summed E-state index contributed by atoms with van der Waals surface area (Å²) < 4.78 is 36.3. The molecule has 0 spiro atoms. The van der Waals surface area contributed by atoms with E-state index in [4.69, 9.17) is 4.74 Å². The molecular formula is C6H9KN2O6S. The van der Waals surface area contributed by atoms with Crippen LogP contribution in [0.4, 0.5) is 0 Å². The summed E-state index contributed by atoms with van der Waals surface area (Å²) in [6, 6.07) is 0. The van der Waals surface area contributed by atoms with E-state index in [9.17, 15) is 22.6 Å². The number of nitrogens with one attached hydrogen (secondary N) is 1. The molecule has 2 amide bonds. The third-order valence-corrected chi connectivity index (χ3v) is 2.77. The standard InChI is InChI=1S/C6H10N2O6S.K/c1-4(9)7-6(14-2)3-8(5(6)10)15(11,12)13;/h3H2,1-2H3,(H,7,9)(H,11,12,13);/q;+1/p-1. The van der Waals surface area contributed by atoms with Crippen LogP contribution >= 0.6 is 0 Å². The van der Waals surface area contributed by atoms with Gasteiger partial charge in [0.05, 0.1) is 6.54 Å². The number of hydrogen-bond acceptors (Lipinski definition) is 6. The largest absolute Gasteiger partial charge is 1.00 e. The third kappa shape index (κ3) is 3.01. The van der Waals surface area contributed by atoms with Crippen molar-refractivity contribution in [3.8, 4) is 0 Å².